The summed E-state index contributed by atoms with van der Waals surface area (Å²) in [6.07, 6.45) is -2.05. The van der Waals surface area contributed by atoms with E-state index in [2.05, 4.69) is 0 Å². The van der Waals surface area contributed by atoms with E-state index in [9.17, 15) is 24.6 Å². The highest BCUT2D eigenvalue weighted by molar-refractivity contribution is 6.36. The summed E-state index contributed by atoms with van der Waals surface area (Å²) in [5.41, 5.74) is 7.84. The minimum Gasteiger partial charge on any atom is -0.480 e. The fourth-order valence-corrected chi connectivity index (χ4v) is 6.95. The number of aliphatic hydroxyl groups excluding tert-OH is 2. The molecule has 0 spiro atoms. The summed E-state index contributed by atoms with van der Waals surface area (Å²) in [5.74, 6) is -1.73. The first-order chi connectivity index (χ1) is 25.6. The molecule has 6 atom stereocenters. The van der Waals surface area contributed by atoms with Gasteiger partial charge >= 0.3 is 12.1 Å². The number of carboxylic acid groups (broad SMARTS) is 1. The maximum Gasteiger partial charge on any atom is 0.418 e. The first kappa shape index (κ1) is 42.5. The predicted octanol–water partition coefficient (Wildman–Crippen LogP) is 7.59. The monoisotopic (exact) mass is 777 g/mol. The van der Waals surface area contributed by atoms with Gasteiger partial charge in [0, 0.05) is 21.7 Å². The zero-order valence-corrected chi connectivity index (χ0v) is 32.4. The second kappa shape index (κ2) is 19.3. The Hall–Kier alpha value is -4.29. The number of nitrogens with zero attached hydrogens (tertiary/aromatic N) is 2. The number of benzene rings is 4. The van der Waals surface area contributed by atoms with Gasteiger partial charge in [-0.3, -0.25) is 14.5 Å². The van der Waals surface area contributed by atoms with Crippen molar-refractivity contribution in [1.29, 1.82) is 0 Å². The zero-order valence-electron chi connectivity index (χ0n) is 30.9. The quantitative estimate of drug-likeness (QED) is 0.114. The number of ether oxygens (including phenoxy) is 1. The number of carboxylic acids is 1. The molecule has 1 fully saturated rings. The van der Waals surface area contributed by atoms with Crippen molar-refractivity contribution < 1.29 is 34.4 Å². The summed E-state index contributed by atoms with van der Waals surface area (Å²) < 4.78 is 5.69. The van der Waals surface area contributed by atoms with Gasteiger partial charge in [0.15, 0.2) is 0 Å². The Morgan fingerprint density at radius 2 is 1.28 bits per heavy atom. The van der Waals surface area contributed by atoms with Gasteiger partial charge in [-0.05, 0) is 82.2 Å². The molecule has 0 aromatic heterocycles. The highest BCUT2D eigenvalue weighted by Gasteiger charge is 2.55. The van der Waals surface area contributed by atoms with Crippen LogP contribution in [0.4, 0.5) is 4.79 Å². The Labute approximate surface area is 327 Å². The highest BCUT2D eigenvalue weighted by atomic mass is 35.5. The third-order valence-corrected chi connectivity index (χ3v) is 9.78. The van der Waals surface area contributed by atoms with Crippen molar-refractivity contribution >= 4 is 41.2 Å². The van der Waals surface area contributed by atoms with Crippen LogP contribution in [0.3, 0.4) is 0 Å². The molecule has 1 aliphatic rings. The van der Waals surface area contributed by atoms with Gasteiger partial charge in [0.25, 0.3) is 5.91 Å². The van der Waals surface area contributed by atoms with Crippen molar-refractivity contribution in [3.05, 3.63) is 141 Å². The van der Waals surface area contributed by atoms with E-state index < -0.39 is 60.1 Å². The number of hydrogen-bond acceptors (Lipinski definition) is 8. The van der Waals surface area contributed by atoms with Crippen LogP contribution in [-0.2, 0) is 27.2 Å². The molecular weight excluding hydrogens is 729 g/mol. The molecular formula is C42H49Cl2N3O7. The maximum absolute atomic E-state index is 14.2. The van der Waals surface area contributed by atoms with Crippen LogP contribution in [0.2, 0.25) is 10.0 Å². The molecule has 10 nitrogen and oxygen atoms in total. The van der Waals surface area contributed by atoms with Crippen LogP contribution >= 0.6 is 23.2 Å². The molecule has 0 saturated carbocycles. The summed E-state index contributed by atoms with van der Waals surface area (Å²) in [6, 6.07) is 31.4. The first-order valence-corrected chi connectivity index (χ1v) is 18.6. The number of hydrogen-bond donors (Lipinski definition) is 4. The van der Waals surface area contributed by atoms with Gasteiger partial charge in [0.2, 0.25) is 0 Å². The van der Waals surface area contributed by atoms with E-state index in [1.165, 1.54) is 0 Å². The van der Waals surface area contributed by atoms with Gasteiger partial charge in [0.1, 0.15) is 23.9 Å². The number of rotatable bonds is 12. The van der Waals surface area contributed by atoms with E-state index in [1.807, 2.05) is 103 Å². The maximum atomic E-state index is 14.2. The molecule has 1 heterocycles. The minimum atomic E-state index is -1.20. The van der Waals surface area contributed by atoms with E-state index in [1.54, 1.807) is 39.0 Å². The molecule has 5 rings (SSSR count). The predicted molar refractivity (Wildman–Crippen MR) is 210 cm³/mol. The molecule has 4 aromatic carbocycles. The molecule has 1 saturated heterocycles. The number of aliphatic carboxylic acids is 1. The van der Waals surface area contributed by atoms with Crippen LogP contribution < -0.4 is 5.73 Å². The Morgan fingerprint density at radius 1 is 0.796 bits per heavy atom. The van der Waals surface area contributed by atoms with Crippen LogP contribution in [-0.4, -0.2) is 73.0 Å². The Kier molecular flexibility index (Phi) is 15.2. The van der Waals surface area contributed by atoms with Gasteiger partial charge in [-0.15, -0.1) is 0 Å². The van der Waals surface area contributed by atoms with Gasteiger partial charge in [-0.25, -0.2) is 9.69 Å². The molecule has 12 heteroatoms. The lowest BCUT2D eigenvalue weighted by atomic mass is 9.97. The number of halogens is 2. The Bertz CT molecular complexity index is 1810. The smallest absolute Gasteiger partial charge is 0.418 e. The minimum absolute atomic E-state index is 0.304. The van der Waals surface area contributed by atoms with E-state index in [-0.39, 0.29) is 0 Å². The fourth-order valence-electron chi connectivity index (χ4n) is 6.35. The van der Waals surface area contributed by atoms with E-state index in [0.29, 0.717) is 41.3 Å². The standard InChI is InChI=1S/C31H34Cl2N2O4.C11H15NO3/c1-20(22-14-9-6-10-15-22)34-27(25(36)19-18-21-12-7-5-8-13-21)29(37)35(30(38)39-31(2,3)4)28(34)26-23(32)16-11-17-24(26)33;12-10(11(14)15)9(13)7-6-8-4-2-1-3-5-8/h5-17,20,25,27-28,36H,18-19H2,1-4H3;1-5,9-10,13H,6-7,12H2,(H,14,15)/t20-,25+,27-,28+;9-,10+/m10/s1. The van der Waals surface area contributed by atoms with Crippen LogP contribution in [0.25, 0.3) is 0 Å². The van der Waals surface area contributed by atoms with Gasteiger partial charge in [-0.1, -0.05) is 120 Å². The third kappa shape index (κ3) is 11.1. The van der Waals surface area contributed by atoms with Crippen molar-refractivity contribution in [3.63, 3.8) is 0 Å². The summed E-state index contributed by atoms with van der Waals surface area (Å²) >= 11 is 13.4. The topological polar surface area (TPSA) is 154 Å². The van der Waals surface area contributed by atoms with Crippen molar-refractivity contribution in [3.8, 4) is 0 Å². The molecule has 4 aromatic rings. The molecule has 2 amide bonds. The number of imide groups is 1. The molecule has 0 bridgehead atoms. The van der Waals surface area contributed by atoms with E-state index >= 15 is 0 Å². The lowest BCUT2D eigenvalue weighted by Gasteiger charge is -2.37. The second-order valence-corrected chi connectivity index (χ2v) is 15.0. The summed E-state index contributed by atoms with van der Waals surface area (Å²) in [6.45, 7) is 7.15. The summed E-state index contributed by atoms with van der Waals surface area (Å²) in [5, 5.41) is 30.2. The highest BCUT2D eigenvalue weighted by Crippen LogP contribution is 2.47. The first-order valence-electron chi connectivity index (χ1n) is 17.9. The van der Waals surface area contributed by atoms with Gasteiger partial charge in [-0.2, -0.15) is 0 Å². The number of carbonyl (C=O) groups is 3. The Morgan fingerprint density at radius 3 is 1.76 bits per heavy atom. The number of carbonyl (C=O) groups excluding carboxylic acids is 2. The third-order valence-electron chi connectivity index (χ3n) is 9.12. The zero-order chi connectivity index (χ0) is 39.6. The lowest BCUT2D eigenvalue weighted by molar-refractivity contribution is -0.141. The van der Waals surface area contributed by atoms with Crippen LogP contribution in [0.5, 0.6) is 0 Å². The lowest BCUT2D eigenvalue weighted by Crippen LogP contribution is -2.45. The van der Waals surface area contributed by atoms with Gasteiger partial charge in [0.05, 0.1) is 12.2 Å². The van der Waals surface area contributed by atoms with Crippen LogP contribution in [0.15, 0.2) is 109 Å². The number of amides is 2. The van der Waals surface area contributed by atoms with Crippen molar-refractivity contribution in [2.75, 3.05) is 0 Å². The average Bonchev–Trinajstić information content (AvgIpc) is 3.45. The van der Waals surface area contributed by atoms with Crippen LogP contribution in [0, 0.1) is 0 Å². The molecule has 0 unspecified atom stereocenters. The van der Waals surface area contributed by atoms with Gasteiger partial charge < -0.3 is 25.8 Å². The van der Waals surface area contributed by atoms with E-state index in [0.717, 1.165) is 21.6 Å². The molecule has 0 aliphatic carbocycles. The molecule has 5 N–H and O–H groups in total. The summed E-state index contributed by atoms with van der Waals surface area (Å²) in [7, 11) is 0. The van der Waals surface area contributed by atoms with Crippen molar-refractivity contribution in [2.45, 2.75) is 95.5 Å². The summed E-state index contributed by atoms with van der Waals surface area (Å²) in [4.78, 5) is 41.2. The largest absolute Gasteiger partial charge is 0.480 e. The Balaban J connectivity index is 0.000000363. The number of aliphatic hydroxyl groups is 2. The molecule has 54 heavy (non-hydrogen) atoms. The van der Waals surface area contributed by atoms with Crippen molar-refractivity contribution in [1.82, 2.24) is 9.80 Å². The number of aryl methyl sites for hydroxylation is 2. The fraction of sp³-hybridized carbons (Fsp3) is 0.357. The average molecular weight is 779 g/mol. The van der Waals surface area contributed by atoms with E-state index in [4.69, 9.17) is 38.8 Å². The normalized spacial score (nSPS) is 18.2. The van der Waals surface area contributed by atoms with Crippen molar-refractivity contribution in [2.24, 2.45) is 5.73 Å². The molecule has 288 valence electrons. The SMILES string of the molecule is C[C@H](c1ccccc1)N1[C@H](c2c(Cl)cccc2Cl)N(C(=O)OC(C)(C)C)C(=O)[C@H]1[C@@H](O)CCc1ccccc1.N[C@@H](C(=O)O)[C@@H](O)CCc1ccccc1. The second-order valence-electron chi connectivity index (χ2n) is 14.2. The van der Waals surface area contributed by atoms with Crippen LogP contribution in [0.1, 0.15) is 75.0 Å². The molecule has 1 aliphatic heterocycles. The molecule has 0 radical (unpaired) electrons. The number of nitrogens with two attached hydrogens (primary N) is 1.